The van der Waals surface area contributed by atoms with Crippen molar-refractivity contribution in [3.8, 4) is 5.88 Å². The van der Waals surface area contributed by atoms with Gasteiger partial charge in [0.15, 0.2) is 0 Å². The van der Waals surface area contributed by atoms with Gasteiger partial charge in [0.2, 0.25) is 5.88 Å². The Kier molecular flexibility index (Phi) is 4.61. The predicted molar refractivity (Wildman–Crippen MR) is 92.8 cm³/mol. The van der Waals surface area contributed by atoms with Gasteiger partial charge < -0.3 is 9.47 Å². The molecule has 5 heteroatoms. The average molecular weight is 322 g/mol. The number of carbonyl (C=O) groups excluding carboxylic acids is 1. The second-order valence-electron chi connectivity index (χ2n) is 5.14. The van der Waals surface area contributed by atoms with Crippen molar-refractivity contribution in [2.24, 2.45) is 0 Å². The standard InChI is InChI=1S/C19H18N2O3/c1-3-24-17(22)12-15(13-8-5-4-6-9-13)14-10-7-11-16-18(14)19(23-2)21-20-16/h4-12H,3H2,1-2H3,(H,20,21)/b15-12+. The first-order chi connectivity index (χ1) is 11.7. The van der Waals surface area contributed by atoms with Gasteiger partial charge in [-0.25, -0.2) is 4.79 Å². The van der Waals surface area contributed by atoms with Crippen molar-refractivity contribution < 1.29 is 14.3 Å². The molecule has 0 saturated heterocycles. The maximum atomic E-state index is 12.1. The predicted octanol–water partition coefficient (Wildman–Crippen LogP) is 3.57. The summed E-state index contributed by atoms with van der Waals surface area (Å²) in [5.74, 6) is 0.113. The van der Waals surface area contributed by atoms with E-state index in [1.54, 1.807) is 14.0 Å². The lowest BCUT2D eigenvalue weighted by Crippen LogP contribution is -2.02. The molecular formula is C19H18N2O3. The van der Waals surface area contributed by atoms with E-state index in [2.05, 4.69) is 10.2 Å². The van der Waals surface area contributed by atoms with Gasteiger partial charge in [-0.3, -0.25) is 5.10 Å². The number of nitrogens with zero attached hydrogens (tertiary/aromatic N) is 1. The van der Waals surface area contributed by atoms with Crippen LogP contribution in [-0.2, 0) is 9.53 Å². The molecule has 2 aromatic carbocycles. The van der Waals surface area contributed by atoms with Crippen LogP contribution < -0.4 is 4.74 Å². The van der Waals surface area contributed by atoms with Gasteiger partial charge in [-0.15, -0.1) is 5.10 Å². The summed E-state index contributed by atoms with van der Waals surface area (Å²) < 4.78 is 10.5. The highest BCUT2D eigenvalue weighted by Crippen LogP contribution is 2.34. The minimum atomic E-state index is -0.379. The fourth-order valence-electron chi connectivity index (χ4n) is 2.65. The molecule has 0 radical (unpaired) electrons. The Hall–Kier alpha value is -3.08. The molecule has 3 aromatic rings. The molecule has 0 saturated carbocycles. The van der Waals surface area contributed by atoms with Crippen LogP contribution in [0.5, 0.6) is 5.88 Å². The van der Waals surface area contributed by atoms with Crippen molar-refractivity contribution in [2.75, 3.05) is 13.7 Å². The average Bonchev–Trinajstić information content (AvgIpc) is 3.04. The minimum absolute atomic E-state index is 0.330. The SMILES string of the molecule is CCOC(=O)/C=C(\c1ccccc1)c1cccc2[nH]nc(OC)c12. The topological polar surface area (TPSA) is 64.2 Å². The quantitative estimate of drug-likeness (QED) is 0.576. The van der Waals surface area contributed by atoms with E-state index in [4.69, 9.17) is 9.47 Å². The lowest BCUT2D eigenvalue weighted by atomic mass is 9.95. The first-order valence-corrected chi connectivity index (χ1v) is 7.70. The molecular weight excluding hydrogens is 304 g/mol. The van der Waals surface area contributed by atoms with E-state index < -0.39 is 0 Å². The van der Waals surface area contributed by atoms with Crippen LogP contribution in [0.4, 0.5) is 0 Å². The van der Waals surface area contributed by atoms with Crippen LogP contribution >= 0.6 is 0 Å². The number of H-pyrrole nitrogens is 1. The van der Waals surface area contributed by atoms with E-state index in [0.29, 0.717) is 12.5 Å². The van der Waals surface area contributed by atoms with Crippen LogP contribution in [0.2, 0.25) is 0 Å². The molecule has 0 amide bonds. The number of esters is 1. The molecule has 0 atom stereocenters. The van der Waals surface area contributed by atoms with Gasteiger partial charge in [-0.2, -0.15) is 0 Å². The number of ether oxygens (including phenoxy) is 2. The van der Waals surface area contributed by atoms with Crippen LogP contribution in [0.1, 0.15) is 18.1 Å². The van der Waals surface area contributed by atoms with Crippen molar-refractivity contribution in [3.63, 3.8) is 0 Å². The van der Waals surface area contributed by atoms with Gasteiger partial charge >= 0.3 is 5.97 Å². The Morgan fingerprint density at radius 2 is 1.96 bits per heavy atom. The highest BCUT2D eigenvalue weighted by Gasteiger charge is 2.16. The minimum Gasteiger partial charge on any atom is -0.479 e. The van der Waals surface area contributed by atoms with Crippen LogP contribution in [0.3, 0.4) is 0 Å². The lowest BCUT2D eigenvalue weighted by Gasteiger charge is -2.10. The molecule has 1 N–H and O–H groups in total. The molecule has 0 aliphatic carbocycles. The smallest absolute Gasteiger partial charge is 0.331 e. The maximum absolute atomic E-state index is 12.1. The largest absolute Gasteiger partial charge is 0.479 e. The van der Waals surface area contributed by atoms with E-state index in [1.165, 1.54) is 6.08 Å². The molecule has 0 unspecified atom stereocenters. The van der Waals surface area contributed by atoms with Crippen molar-refractivity contribution in [3.05, 3.63) is 65.7 Å². The second kappa shape index (κ2) is 7.00. The highest BCUT2D eigenvalue weighted by molar-refractivity contribution is 6.04. The molecule has 1 aromatic heterocycles. The van der Waals surface area contributed by atoms with Gasteiger partial charge in [0, 0.05) is 6.08 Å². The first-order valence-electron chi connectivity index (χ1n) is 7.70. The third-order valence-electron chi connectivity index (χ3n) is 3.67. The van der Waals surface area contributed by atoms with Gasteiger partial charge in [0.05, 0.1) is 24.6 Å². The number of hydrogen-bond acceptors (Lipinski definition) is 4. The van der Waals surface area contributed by atoms with Crippen LogP contribution in [-0.4, -0.2) is 29.9 Å². The summed E-state index contributed by atoms with van der Waals surface area (Å²) in [6.07, 6.45) is 1.51. The van der Waals surface area contributed by atoms with Crippen molar-refractivity contribution in [1.82, 2.24) is 10.2 Å². The van der Waals surface area contributed by atoms with E-state index in [0.717, 1.165) is 27.6 Å². The summed E-state index contributed by atoms with van der Waals surface area (Å²) >= 11 is 0. The Morgan fingerprint density at radius 3 is 2.67 bits per heavy atom. The number of fused-ring (bicyclic) bond motifs is 1. The van der Waals surface area contributed by atoms with Crippen molar-refractivity contribution in [2.45, 2.75) is 6.92 Å². The highest BCUT2D eigenvalue weighted by atomic mass is 16.5. The maximum Gasteiger partial charge on any atom is 0.331 e. The van der Waals surface area contributed by atoms with Gasteiger partial charge in [-0.1, -0.05) is 42.5 Å². The number of rotatable bonds is 5. The summed E-state index contributed by atoms with van der Waals surface area (Å²) in [5, 5.41) is 7.95. The van der Waals surface area contributed by atoms with Gasteiger partial charge in [0.25, 0.3) is 0 Å². The molecule has 3 rings (SSSR count). The molecule has 0 aliphatic rings. The number of aromatic amines is 1. The zero-order chi connectivity index (χ0) is 16.9. The Balaban J connectivity index is 2.23. The van der Waals surface area contributed by atoms with Crippen LogP contribution in [0.25, 0.3) is 16.5 Å². The molecule has 122 valence electrons. The summed E-state index contributed by atoms with van der Waals surface area (Å²) in [5.41, 5.74) is 3.38. The molecule has 0 bridgehead atoms. The third-order valence-corrected chi connectivity index (χ3v) is 3.67. The van der Waals surface area contributed by atoms with Gasteiger partial charge in [0.1, 0.15) is 0 Å². The first kappa shape index (κ1) is 15.8. The summed E-state index contributed by atoms with van der Waals surface area (Å²) in [6.45, 7) is 2.12. The van der Waals surface area contributed by atoms with Crippen molar-refractivity contribution >= 4 is 22.4 Å². The monoisotopic (exact) mass is 322 g/mol. The number of methoxy groups -OCH3 is 1. The van der Waals surface area contributed by atoms with E-state index in [9.17, 15) is 4.79 Å². The zero-order valence-corrected chi connectivity index (χ0v) is 13.6. The number of nitrogens with one attached hydrogen (secondary N) is 1. The number of benzene rings is 2. The Morgan fingerprint density at radius 1 is 1.17 bits per heavy atom. The third kappa shape index (κ3) is 3.01. The summed E-state index contributed by atoms with van der Waals surface area (Å²) in [4.78, 5) is 12.1. The second-order valence-corrected chi connectivity index (χ2v) is 5.14. The van der Waals surface area contributed by atoms with Gasteiger partial charge in [-0.05, 0) is 29.7 Å². The molecule has 24 heavy (non-hydrogen) atoms. The molecule has 5 nitrogen and oxygen atoms in total. The molecule has 0 aliphatic heterocycles. The Labute approximate surface area is 139 Å². The Bertz CT molecular complexity index is 882. The fraction of sp³-hybridized carbons (Fsp3) is 0.158. The van der Waals surface area contributed by atoms with E-state index in [-0.39, 0.29) is 5.97 Å². The normalized spacial score (nSPS) is 11.5. The van der Waals surface area contributed by atoms with Crippen molar-refractivity contribution in [1.29, 1.82) is 0 Å². The number of hydrogen-bond donors (Lipinski definition) is 1. The van der Waals surface area contributed by atoms with E-state index in [1.807, 2.05) is 48.5 Å². The number of aromatic nitrogens is 2. The summed E-state index contributed by atoms with van der Waals surface area (Å²) in [7, 11) is 1.57. The molecule has 0 fully saturated rings. The lowest BCUT2D eigenvalue weighted by molar-refractivity contribution is -0.137. The van der Waals surface area contributed by atoms with Crippen LogP contribution in [0.15, 0.2) is 54.6 Å². The fourth-order valence-corrected chi connectivity index (χ4v) is 2.65. The van der Waals surface area contributed by atoms with E-state index >= 15 is 0 Å². The molecule has 0 spiro atoms. The number of carbonyl (C=O) groups is 1. The molecule has 1 heterocycles. The van der Waals surface area contributed by atoms with Crippen LogP contribution in [0, 0.1) is 0 Å². The zero-order valence-electron chi connectivity index (χ0n) is 13.6. The summed E-state index contributed by atoms with van der Waals surface area (Å²) in [6, 6.07) is 15.5.